The van der Waals surface area contributed by atoms with E-state index in [9.17, 15) is 0 Å². The zero-order valence-corrected chi connectivity index (χ0v) is 12.5. The molecule has 1 aromatic heterocycles. The Labute approximate surface area is 115 Å². The van der Waals surface area contributed by atoms with E-state index in [0.717, 1.165) is 19.5 Å². The largest absolute Gasteiger partial charge is 0.310 e. The molecule has 102 valence electrons. The molecule has 1 aliphatic heterocycles. The zero-order valence-electron chi connectivity index (χ0n) is 11.7. The van der Waals surface area contributed by atoms with Crippen LogP contribution in [0.3, 0.4) is 0 Å². The molecule has 3 heteroatoms. The van der Waals surface area contributed by atoms with Gasteiger partial charge in [-0.3, -0.25) is 0 Å². The summed E-state index contributed by atoms with van der Waals surface area (Å²) >= 11 is 1.94. The van der Waals surface area contributed by atoms with Crippen LogP contribution >= 0.6 is 11.3 Å². The van der Waals surface area contributed by atoms with Crippen LogP contribution in [0.5, 0.6) is 0 Å². The van der Waals surface area contributed by atoms with E-state index in [-0.39, 0.29) is 0 Å². The fourth-order valence-corrected chi connectivity index (χ4v) is 3.86. The second kappa shape index (κ2) is 6.69. The third-order valence-corrected chi connectivity index (χ3v) is 5.12. The molecule has 1 aliphatic rings. The number of hydrogen-bond acceptors (Lipinski definition) is 3. The van der Waals surface area contributed by atoms with Crippen LogP contribution in [0, 0.1) is 0 Å². The molecule has 0 aliphatic carbocycles. The minimum atomic E-state index is 0.375. The van der Waals surface area contributed by atoms with Gasteiger partial charge in [-0.25, -0.2) is 0 Å². The van der Waals surface area contributed by atoms with Gasteiger partial charge in [-0.1, -0.05) is 20.3 Å². The molecule has 0 bridgehead atoms. The Balaban J connectivity index is 1.79. The third kappa shape index (κ3) is 3.56. The van der Waals surface area contributed by atoms with E-state index in [1.165, 1.54) is 42.0 Å². The first-order valence-corrected chi connectivity index (χ1v) is 8.13. The van der Waals surface area contributed by atoms with Crippen molar-refractivity contribution in [2.45, 2.75) is 58.0 Å². The molecule has 0 saturated carbocycles. The maximum atomic E-state index is 3.71. The van der Waals surface area contributed by atoms with Gasteiger partial charge in [0.1, 0.15) is 0 Å². The normalized spacial score (nSPS) is 23.7. The Morgan fingerprint density at radius 2 is 2.17 bits per heavy atom. The van der Waals surface area contributed by atoms with E-state index in [0.29, 0.717) is 5.54 Å². The van der Waals surface area contributed by atoms with Gasteiger partial charge >= 0.3 is 0 Å². The Bertz CT molecular complexity index is 353. The molecule has 2 nitrogen and oxygen atoms in total. The van der Waals surface area contributed by atoms with Gasteiger partial charge in [0.15, 0.2) is 0 Å². The highest BCUT2D eigenvalue weighted by Gasteiger charge is 2.31. The lowest BCUT2D eigenvalue weighted by Crippen LogP contribution is -2.48. The second-order valence-electron chi connectivity index (χ2n) is 5.39. The standard InChI is InChI=1S/C15H26N2S/c1-3-8-15(9-5-10-17-15)12-16-11-14-7-6-13(4-2)18-14/h6-7,16-17H,3-5,8-12H2,1-2H3. The van der Waals surface area contributed by atoms with Crippen LogP contribution in [-0.4, -0.2) is 18.6 Å². The molecule has 18 heavy (non-hydrogen) atoms. The molecule has 1 aromatic rings. The fraction of sp³-hybridized carbons (Fsp3) is 0.733. The van der Waals surface area contributed by atoms with Crippen molar-refractivity contribution in [3.63, 3.8) is 0 Å². The number of hydrogen-bond donors (Lipinski definition) is 2. The van der Waals surface area contributed by atoms with Crippen LogP contribution in [0.2, 0.25) is 0 Å². The lowest BCUT2D eigenvalue weighted by atomic mass is 9.92. The van der Waals surface area contributed by atoms with Crippen LogP contribution in [-0.2, 0) is 13.0 Å². The molecule has 2 rings (SSSR count). The fourth-order valence-electron chi connectivity index (χ4n) is 2.93. The second-order valence-corrected chi connectivity index (χ2v) is 6.64. The molecule has 2 heterocycles. The molecule has 0 spiro atoms. The van der Waals surface area contributed by atoms with Crippen molar-refractivity contribution < 1.29 is 0 Å². The first-order valence-electron chi connectivity index (χ1n) is 7.31. The average molecular weight is 266 g/mol. The summed E-state index contributed by atoms with van der Waals surface area (Å²) < 4.78 is 0. The smallest absolute Gasteiger partial charge is 0.0306 e. The van der Waals surface area contributed by atoms with Gasteiger partial charge in [-0.15, -0.1) is 11.3 Å². The van der Waals surface area contributed by atoms with Crippen molar-refractivity contribution in [2.75, 3.05) is 13.1 Å². The summed E-state index contributed by atoms with van der Waals surface area (Å²) in [7, 11) is 0. The zero-order chi connectivity index (χ0) is 12.8. The summed E-state index contributed by atoms with van der Waals surface area (Å²) in [6.07, 6.45) is 6.39. The highest BCUT2D eigenvalue weighted by molar-refractivity contribution is 7.11. The minimum Gasteiger partial charge on any atom is -0.310 e. The van der Waals surface area contributed by atoms with Crippen LogP contribution in [0.25, 0.3) is 0 Å². The van der Waals surface area contributed by atoms with Gasteiger partial charge in [-0.05, 0) is 44.4 Å². The lowest BCUT2D eigenvalue weighted by Gasteiger charge is -2.29. The van der Waals surface area contributed by atoms with E-state index >= 15 is 0 Å². The molecule has 2 N–H and O–H groups in total. The van der Waals surface area contributed by atoms with Crippen LogP contribution in [0.4, 0.5) is 0 Å². The molecule has 1 fully saturated rings. The first kappa shape index (κ1) is 14.0. The van der Waals surface area contributed by atoms with Crippen molar-refractivity contribution in [1.29, 1.82) is 0 Å². The van der Waals surface area contributed by atoms with Gasteiger partial charge in [0.25, 0.3) is 0 Å². The molecule has 0 amide bonds. The Morgan fingerprint density at radius 3 is 2.78 bits per heavy atom. The van der Waals surface area contributed by atoms with Crippen molar-refractivity contribution in [3.8, 4) is 0 Å². The minimum absolute atomic E-state index is 0.375. The predicted octanol–water partition coefficient (Wildman–Crippen LogP) is 3.32. The van der Waals surface area contributed by atoms with Crippen molar-refractivity contribution in [1.82, 2.24) is 10.6 Å². The van der Waals surface area contributed by atoms with Crippen LogP contribution in [0.15, 0.2) is 12.1 Å². The molecular weight excluding hydrogens is 240 g/mol. The molecule has 1 unspecified atom stereocenters. The van der Waals surface area contributed by atoms with Gasteiger partial charge in [-0.2, -0.15) is 0 Å². The van der Waals surface area contributed by atoms with Gasteiger partial charge < -0.3 is 10.6 Å². The molecule has 0 aromatic carbocycles. The number of nitrogens with one attached hydrogen (secondary N) is 2. The van der Waals surface area contributed by atoms with Crippen molar-refractivity contribution in [2.24, 2.45) is 0 Å². The predicted molar refractivity (Wildman–Crippen MR) is 80.3 cm³/mol. The van der Waals surface area contributed by atoms with Gasteiger partial charge in [0.2, 0.25) is 0 Å². The lowest BCUT2D eigenvalue weighted by molar-refractivity contribution is 0.325. The summed E-state index contributed by atoms with van der Waals surface area (Å²) in [6, 6.07) is 4.53. The highest BCUT2D eigenvalue weighted by atomic mass is 32.1. The Hall–Kier alpha value is -0.380. The maximum Gasteiger partial charge on any atom is 0.0306 e. The maximum absolute atomic E-state index is 3.71. The van der Waals surface area contributed by atoms with E-state index in [1.807, 2.05) is 11.3 Å². The van der Waals surface area contributed by atoms with Crippen LogP contribution in [0.1, 0.15) is 49.3 Å². The highest BCUT2D eigenvalue weighted by Crippen LogP contribution is 2.24. The first-order chi connectivity index (χ1) is 8.78. The monoisotopic (exact) mass is 266 g/mol. The van der Waals surface area contributed by atoms with Crippen molar-refractivity contribution in [3.05, 3.63) is 21.9 Å². The molecular formula is C15H26N2S. The molecule has 1 atom stereocenters. The summed E-state index contributed by atoms with van der Waals surface area (Å²) in [6.45, 7) is 7.84. The summed E-state index contributed by atoms with van der Waals surface area (Å²) in [5, 5.41) is 7.37. The average Bonchev–Trinajstić information content (AvgIpc) is 2.99. The third-order valence-electron chi connectivity index (χ3n) is 3.89. The van der Waals surface area contributed by atoms with Crippen molar-refractivity contribution >= 4 is 11.3 Å². The molecule has 0 radical (unpaired) electrons. The topological polar surface area (TPSA) is 24.1 Å². The number of aryl methyl sites for hydroxylation is 1. The van der Waals surface area contributed by atoms with E-state index in [1.54, 1.807) is 0 Å². The number of thiophene rings is 1. The van der Waals surface area contributed by atoms with E-state index in [4.69, 9.17) is 0 Å². The van der Waals surface area contributed by atoms with E-state index < -0.39 is 0 Å². The van der Waals surface area contributed by atoms with Gasteiger partial charge in [0, 0.05) is 28.4 Å². The van der Waals surface area contributed by atoms with E-state index in [2.05, 4.69) is 36.6 Å². The molecule has 1 saturated heterocycles. The quantitative estimate of drug-likeness (QED) is 0.791. The number of rotatable bonds is 7. The summed E-state index contributed by atoms with van der Waals surface area (Å²) in [4.78, 5) is 2.96. The Morgan fingerprint density at radius 1 is 1.33 bits per heavy atom. The SMILES string of the molecule is CCCC1(CNCc2ccc(CC)s2)CCCN1. The summed E-state index contributed by atoms with van der Waals surface area (Å²) in [5.41, 5.74) is 0.375. The Kier molecular flexibility index (Phi) is 5.22. The summed E-state index contributed by atoms with van der Waals surface area (Å²) in [5.74, 6) is 0. The van der Waals surface area contributed by atoms with Crippen LogP contribution < -0.4 is 10.6 Å². The van der Waals surface area contributed by atoms with Gasteiger partial charge in [0.05, 0.1) is 0 Å².